The van der Waals surface area contributed by atoms with Gasteiger partial charge in [0, 0.05) is 18.5 Å². The number of likely N-dealkylation sites (tertiary alicyclic amines) is 1. The third kappa shape index (κ3) is 2.12. The summed E-state index contributed by atoms with van der Waals surface area (Å²) < 4.78 is 34.5. The molecule has 1 saturated carbocycles. The van der Waals surface area contributed by atoms with Gasteiger partial charge in [0.2, 0.25) is 11.8 Å². The van der Waals surface area contributed by atoms with Crippen molar-refractivity contribution >= 4 is 0 Å². The predicted molar refractivity (Wildman–Crippen MR) is 84.2 cm³/mol. The van der Waals surface area contributed by atoms with Gasteiger partial charge in [0.15, 0.2) is 0 Å². The van der Waals surface area contributed by atoms with Crippen molar-refractivity contribution < 1.29 is 13.2 Å². The van der Waals surface area contributed by atoms with Crippen LogP contribution in [-0.2, 0) is 18.5 Å². The monoisotopic (exact) mass is 333 g/mol. The van der Waals surface area contributed by atoms with Gasteiger partial charge in [-0.15, -0.1) is 10.2 Å². The van der Waals surface area contributed by atoms with Crippen LogP contribution in [0.15, 0.2) is 16.5 Å². The van der Waals surface area contributed by atoms with E-state index in [4.69, 9.17) is 4.42 Å². The predicted octanol–water partition coefficient (Wildman–Crippen LogP) is 3.73. The molecule has 0 unspecified atom stereocenters. The summed E-state index contributed by atoms with van der Waals surface area (Å²) >= 11 is 0. The van der Waals surface area contributed by atoms with Gasteiger partial charge in [-0.3, -0.25) is 4.90 Å². The molecule has 0 bridgehead atoms. The fourth-order valence-corrected chi connectivity index (χ4v) is 4.19. The van der Waals surface area contributed by atoms with Crippen LogP contribution in [0.2, 0.25) is 0 Å². The molecule has 2 atom stereocenters. The summed E-state index contributed by atoms with van der Waals surface area (Å²) in [5.74, 6) is 0.716. The number of fused-ring (bicyclic) bond motifs is 1. The van der Waals surface area contributed by atoms with Crippen molar-refractivity contribution in [3.8, 4) is 0 Å². The van der Waals surface area contributed by atoms with E-state index in [1.54, 1.807) is 6.92 Å². The van der Waals surface area contributed by atoms with Crippen molar-refractivity contribution in [1.29, 1.82) is 0 Å². The van der Waals surface area contributed by atoms with E-state index < -0.39 is 11.6 Å². The number of hydrogen-bond acceptors (Lipinski definition) is 4. The van der Waals surface area contributed by atoms with Crippen molar-refractivity contribution in [1.82, 2.24) is 15.1 Å². The summed E-state index contributed by atoms with van der Waals surface area (Å²) in [6, 6.07) is 2.82. The van der Waals surface area contributed by atoms with Gasteiger partial charge in [0.1, 0.15) is 17.2 Å². The van der Waals surface area contributed by atoms with Gasteiger partial charge in [0.25, 0.3) is 0 Å². The van der Waals surface area contributed by atoms with E-state index in [1.807, 2.05) is 6.92 Å². The molecule has 1 aliphatic heterocycles. The molecule has 4 rings (SSSR count). The molecule has 2 fully saturated rings. The van der Waals surface area contributed by atoms with Gasteiger partial charge < -0.3 is 4.42 Å². The Morgan fingerprint density at radius 3 is 2.79 bits per heavy atom. The van der Waals surface area contributed by atoms with E-state index in [9.17, 15) is 8.78 Å². The standard InChI is InChI=1S/C18H21F2N3O/c1-3-15-21-22-17(24-15)18-8-6-12(18)7-9-23(18)10-13-14(19)5-4-11(2)16(13)20/h4-5,12H,3,6-10H2,1-2H3/t12-,18-/m0/s1. The minimum absolute atomic E-state index is 0.136. The van der Waals surface area contributed by atoms with Gasteiger partial charge in [-0.2, -0.15) is 0 Å². The summed E-state index contributed by atoms with van der Waals surface area (Å²) in [7, 11) is 0. The van der Waals surface area contributed by atoms with Crippen LogP contribution in [0.3, 0.4) is 0 Å². The highest BCUT2D eigenvalue weighted by molar-refractivity contribution is 5.28. The van der Waals surface area contributed by atoms with Crippen molar-refractivity contribution in [2.24, 2.45) is 5.92 Å². The molecule has 2 aromatic rings. The maximum atomic E-state index is 14.4. The fraction of sp³-hybridized carbons (Fsp3) is 0.556. The summed E-state index contributed by atoms with van der Waals surface area (Å²) in [4.78, 5) is 2.13. The van der Waals surface area contributed by atoms with Gasteiger partial charge >= 0.3 is 0 Å². The van der Waals surface area contributed by atoms with Crippen LogP contribution < -0.4 is 0 Å². The molecule has 2 aliphatic rings. The number of aromatic nitrogens is 2. The third-order valence-electron chi connectivity index (χ3n) is 5.73. The van der Waals surface area contributed by atoms with Gasteiger partial charge in [0.05, 0.1) is 0 Å². The third-order valence-corrected chi connectivity index (χ3v) is 5.73. The molecule has 128 valence electrons. The van der Waals surface area contributed by atoms with E-state index in [2.05, 4.69) is 15.1 Å². The van der Waals surface area contributed by atoms with Crippen LogP contribution in [0, 0.1) is 24.5 Å². The maximum absolute atomic E-state index is 14.4. The molecule has 0 N–H and O–H groups in total. The Balaban J connectivity index is 1.69. The van der Waals surface area contributed by atoms with Crippen molar-refractivity contribution in [2.45, 2.75) is 51.6 Å². The van der Waals surface area contributed by atoms with E-state index in [0.29, 0.717) is 29.7 Å². The molecule has 1 saturated heterocycles. The molecule has 24 heavy (non-hydrogen) atoms. The number of rotatable bonds is 4. The van der Waals surface area contributed by atoms with Gasteiger partial charge in [-0.05, 0) is 50.3 Å². The zero-order chi connectivity index (χ0) is 16.9. The molecule has 1 aliphatic carbocycles. The lowest BCUT2D eigenvalue weighted by Crippen LogP contribution is -2.51. The van der Waals surface area contributed by atoms with E-state index in [0.717, 1.165) is 25.8 Å². The van der Waals surface area contributed by atoms with Crippen LogP contribution in [-0.4, -0.2) is 21.6 Å². The molecule has 0 spiro atoms. The number of benzene rings is 1. The van der Waals surface area contributed by atoms with E-state index in [-0.39, 0.29) is 17.6 Å². The van der Waals surface area contributed by atoms with Crippen LogP contribution in [0.25, 0.3) is 0 Å². The first-order chi connectivity index (χ1) is 11.6. The maximum Gasteiger partial charge on any atom is 0.237 e. The minimum atomic E-state index is -0.490. The second-order valence-corrected chi connectivity index (χ2v) is 6.88. The highest BCUT2D eigenvalue weighted by Crippen LogP contribution is 2.57. The molecule has 0 radical (unpaired) electrons. The van der Waals surface area contributed by atoms with Crippen LogP contribution in [0.4, 0.5) is 8.78 Å². The van der Waals surface area contributed by atoms with Gasteiger partial charge in [-0.1, -0.05) is 13.0 Å². The first-order valence-corrected chi connectivity index (χ1v) is 8.57. The lowest BCUT2D eigenvalue weighted by atomic mass is 9.67. The molecule has 1 aromatic heterocycles. The normalized spacial score (nSPS) is 26.4. The number of aryl methyl sites for hydroxylation is 2. The zero-order valence-electron chi connectivity index (χ0n) is 14.0. The average molecular weight is 333 g/mol. The summed E-state index contributed by atoms with van der Waals surface area (Å²) in [5.41, 5.74) is 0.260. The Labute approximate surface area is 139 Å². The Hall–Kier alpha value is -1.82. The fourth-order valence-electron chi connectivity index (χ4n) is 4.19. The number of hydrogen-bond donors (Lipinski definition) is 0. The van der Waals surface area contributed by atoms with Crippen LogP contribution in [0.5, 0.6) is 0 Å². The quantitative estimate of drug-likeness (QED) is 0.855. The lowest BCUT2D eigenvalue weighted by Gasteiger charge is -2.47. The first-order valence-electron chi connectivity index (χ1n) is 8.57. The van der Waals surface area contributed by atoms with Crippen molar-refractivity contribution in [3.05, 3.63) is 46.7 Å². The number of nitrogens with zero attached hydrogens (tertiary/aromatic N) is 3. The van der Waals surface area contributed by atoms with Crippen molar-refractivity contribution in [3.63, 3.8) is 0 Å². The van der Waals surface area contributed by atoms with Crippen LogP contribution in [0.1, 0.15) is 49.1 Å². The zero-order valence-corrected chi connectivity index (χ0v) is 14.0. The summed E-state index contributed by atoms with van der Waals surface area (Å²) in [5, 5.41) is 8.34. The van der Waals surface area contributed by atoms with Crippen molar-refractivity contribution in [2.75, 3.05) is 6.54 Å². The lowest BCUT2D eigenvalue weighted by molar-refractivity contribution is -0.0172. The molecule has 1 aromatic carbocycles. The Bertz CT molecular complexity index is 776. The molecule has 6 heteroatoms. The molecule has 2 heterocycles. The molecular weight excluding hydrogens is 312 g/mol. The largest absolute Gasteiger partial charge is 0.423 e. The summed E-state index contributed by atoms with van der Waals surface area (Å²) in [6.45, 7) is 4.66. The SMILES string of the molecule is CCc1nnc([C@]23CC[C@H]2CCN3Cc2c(F)ccc(C)c2F)o1. The molecular formula is C18H21F2N3O. The second kappa shape index (κ2) is 5.62. The Morgan fingerprint density at radius 1 is 1.29 bits per heavy atom. The highest BCUT2D eigenvalue weighted by Gasteiger charge is 2.59. The van der Waals surface area contributed by atoms with E-state index in [1.165, 1.54) is 12.1 Å². The van der Waals surface area contributed by atoms with Crippen LogP contribution >= 0.6 is 0 Å². The summed E-state index contributed by atoms with van der Waals surface area (Å²) in [6.07, 6.45) is 3.69. The molecule has 0 amide bonds. The smallest absolute Gasteiger partial charge is 0.237 e. The second-order valence-electron chi connectivity index (χ2n) is 6.88. The molecule has 4 nitrogen and oxygen atoms in total. The minimum Gasteiger partial charge on any atom is -0.423 e. The Morgan fingerprint density at radius 2 is 2.12 bits per heavy atom. The number of halogens is 2. The van der Waals surface area contributed by atoms with Gasteiger partial charge in [-0.25, -0.2) is 8.78 Å². The topological polar surface area (TPSA) is 42.2 Å². The Kier molecular flexibility index (Phi) is 3.67. The van der Waals surface area contributed by atoms with E-state index >= 15 is 0 Å². The first kappa shape index (κ1) is 15.7. The average Bonchev–Trinajstić information content (AvgIpc) is 3.11. The highest BCUT2D eigenvalue weighted by atomic mass is 19.1.